The SMILES string of the molecule is CCC(=O)Nc1nc(C)c(C(=O)N[C@@H](C)c2ccc(O[C@@H]3CCN(c4ccnc(OCC5CC5)c4Cl)C3)cc2)s1. The van der Waals surface area contributed by atoms with Gasteiger partial charge in [-0.25, -0.2) is 9.97 Å². The molecule has 11 heteroatoms. The van der Waals surface area contributed by atoms with Gasteiger partial charge in [0.05, 0.1) is 30.6 Å². The van der Waals surface area contributed by atoms with Crippen LogP contribution in [0.5, 0.6) is 11.6 Å². The van der Waals surface area contributed by atoms with Crippen molar-refractivity contribution in [2.75, 3.05) is 29.9 Å². The molecule has 40 heavy (non-hydrogen) atoms. The molecular weight excluding hydrogens is 550 g/mol. The molecule has 0 spiro atoms. The Labute approximate surface area is 243 Å². The van der Waals surface area contributed by atoms with Crippen LogP contribution in [-0.2, 0) is 4.79 Å². The molecule has 1 aliphatic carbocycles. The highest BCUT2D eigenvalue weighted by atomic mass is 35.5. The van der Waals surface area contributed by atoms with Gasteiger partial charge in [-0.3, -0.25) is 9.59 Å². The van der Waals surface area contributed by atoms with Crippen LogP contribution in [-0.4, -0.2) is 47.6 Å². The highest BCUT2D eigenvalue weighted by Crippen LogP contribution is 2.37. The lowest BCUT2D eigenvalue weighted by atomic mass is 10.1. The summed E-state index contributed by atoms with van der Waals surface area (Å²) in [5, 5.41) is 6.72. The van der Waals surface area contributed by atoms with Crippen molar-refractivity contribution in [3.05, 3.63) is 57.7 Å². The fourth-order valence-electron chi connectivity index (χ4n) is 4.53. The van der Waals surface area contributed by atoms with Crippen molar-refractivity contribution in [2.45, 2.75) is 58.6 Å². The number of nitrogens with one attached hydrogen (secondary N) is 2. The number of nitrogens with zero attached hydrogens (tertiary/aromatic N) is 3. The summed E-state index contributed by atoms with van der Waals surface area (Å²) in [4.78, 5) is 35.8. The van der Waals surface area contributed by atoms with Gasteiger partial charge >= 0.3 is 0 Å². The third-order valence-electron chi connectivity index (χ3n) is 7.08. The van der Waals surface area contributed by atoms with E-state index < -0.39 is 0 Å². The molecule has 9 nitrogen and oxygen atoms in total. The number of hydrogen-bond donors (Lipinski definition) is 2. The molecule has 0 bridgehead atoms. The predicted molar refractivity (Wildman–Crippen MR) is 157 cm³/mol. The van der Waals surface area contributed by atoms with Gasteiger partial charge in [-0.05, 0) is 56.4 Å². The second-order valence-corrected chi connectivity index (χ2v) is 11.7. The molecule has 2 atom stereocenters. The third kappa shape index (κ3) is 6.85. The normalized spacial score (nSPS) is 17.4. The minimum absolute atomic E-state index is 0.0275. The average molecular weight is 584 g/mol. The summed E-state index contributed by atoms with van der Waals surface area (Å²) in [6.45, 7) is 7.68. The third-order valence-corrected chi connectivity index (χ3v) is 8.50. The second-order valence-electron chi connectivity index (χ2n) is 10.3. The van der Waals surface area contributed by atoms with Gasteiger partial charge in [0.2, 0.25) is 11.8 Å². The highest BCUT2D eigenvalue weighted by molar-refractivity contribution is 7.17. The summed E-state index contributed by atoms with van der Waals surface area (Å²) in [5.41, 5.74) is 2.47. The summed E-state index contributed by atoms with van der Waals surface area (Å²) in [6, 6.07) is 9.49. The van der Waals surface area contributed by atoms with E-state index in [0.29, 0.717) is 45.6 Å². The Morgan fingerprint density at radius 3 is 2.70 bits per heavy atom. The van der Waals surface area contributed by atoms with E-state index in [0.717, 1.165) is 36.5 Å². The number of thiazole rings is 1. The number of aryl methyl sites for hydroxylation is 1. The second kappa shape index (κ2) is 12.4. The number of hydrogen-bond acceptors (Lipinski definition) is 8. The molecule has 2 fully saturated rings. The Morgan fingerprint density at radius 1 is 1.20 bits per heavy atom. The van der Waals surface area contributed by atoms with Crippen LogP contribution in [0.4, 0.5) is 10.8 Å². The van der Waals surface area contributed by atoms with E-state index in [9.17, 15) is 9.59 Å². The largest absolute Gasteiger partial charge is 0.489 e. The minimum Gasteiger partial charge on any atom is -0.489 e. The summed E-state index contributed by atoms with van der Waals surface area (Å²) in [5.74, 6) is 1.56. The fourth-order valence-corrected chi connectivity index (χ4v) is 5.70. The first kappa shape index (κ1) is 28.2. The Balaban J connectivity index is 1.14. The molecule has 1 saturated heterocycles. The van der Waals surface area contributed by atoms with E-state index in [1.54, 1.807) is 20.0 Å². The molecule has 2 aliphatic rings. The smallest absolute Gasteiger partial charge is 0.263 e. The zero-order valence-electron chi connectivity index (χ0n) is 22.9. The standard InChI is InChI=1S/C29H34ClN5O4S/c1-4-24(36)34-29-33-18(3)26(40-29)27(37)32-17(2)20-7-9-21(10-8-20)39-22-12-14-35(15-22)23-11-13-31-28(25(23)30)38-16-19-5-6-19/h7-11,13,17,19,22H,4-6,12,14-16H2,1-3H3,(H,32,37)(H,33,34,36)/t17-,22+/m0/s1. The molecule has 5 rings (SSSR count). The molecule has 2 amide bonds. The van der Waals surface area contributed by atoms with Gasteiger partial charge in [-0.2, -0.15) is 0 Å². The maximum absolute atomic E-state index is 12.9. The van der Waals surface area contributed by atoms with Gasteiger partial charge in [0.1, 0.15) is 21.8 Å². The van der Waals surface area contributed by atoms with E-state index in [-0.39, 0.29) is 24.0 Å². The predicted octanol–water partition coefficient (Wildman–Crippen LogP) is 5.79. The van der Waals surface area contributed by atoms with Gasteiger partial charge < -0.3 is 25.0 Å². The topological polar surface area (TPSA) is 106 Å². The molecule has 1 aromatic carbocycles. The van der Waals surface area contributed by atoms with Crippen LogP contribution in [0.2, 0.25) is 5.02 Å². The van der Waals surface area contributed by atoms with Crippen molar-refractivity contribution in [3.63, 3.8) is 0 Å². The van der Waals surface area contributed by atoms with Gasteiger partial charge in [0.15, 0.2) is 5.13 Å². The number of benzene rings is 1. The van der Waals surface area contributed by atoms with Crippen molar-refractivity contribution in [1.29, 1.82) is 0 Å². The lowest BCUT2D eigenvalue weighted by molar-refractivity contribution is -0.115. The van der Waals surface area contributed by atoms with E-state index in [4.69, 9.17) is 21.1 Å². The van der Waals surface area contributed by atoms with E-state index in [2.05, 4.69) is 25.5 Å². The van der Waals surface area contributed by atoms with E-state index >= 15 is 0 Å². The number of aromatic nitrogens is 2. The summed E-state index contributed by atoms with van der Waals surface area (Å²) < 4.78 is 12.1. The van der Waals surface area contributed by atoms with Crippen LogP contribution in [0.25, 0.3) is 0 Å². The number of carbonyl (C=O) groups excluding carboxylic acids is 2. The molecule has 0 radical (unpaired) electrons. The lowest BCUT2D eigenvalue weighted by Crippen LogP contribution is -2.26. The molecule has 2 aromatic heterocycles. The van der Waals surface area contributed by atoms with Crippen LogP contribution in [0, 0.1) is 12.8 Å². The summed E-state index contributed by atoms with van der Waals surface area (Å²) in [7, 11) is 0. The molecule has 1 saturated carbocycles. The van der Waals surface area contributed by atoms with Crippen molar-refractivity contribution < 1.29 is 19.1 Å². The van der Waals surface area contributed by atoms with Gasteiger partial charge in [-0.1, -0.05) is 42.0 Å². The van der Waals surface area contributed by atoms with Gasteiger partial charge in [-0.15, -0.1) is 0 Å². The first-order chi connectivity index (χ1) is 19.3. The summed E-state index contributed by atoms with van der Waals surface area (Å²) in [6.07, 6.45) is 5.43. The van der Waals surface area contributed by atoms with Crippen molar-refractivity contribution in [1.82, 2.24) is 15.3 Å². The quantitative estimate of drug-likeness (QED) is 0.294. The Kier molecular flexibility index (Phi) is 8.75. The number of rotatable bonds is 11. The maximum Gasteiger partial charge on any atom is 0.263 e. The number of ether oxygens (including phenoxy) is 2. The average Bonchev–Trinajstić information content (AvgIpc) is 3.54. The number of pyridine rings is 1. The van der Waals surface area contributed by atoms with Gasteiger partial charge in [0, 0.05) is 25.6 Å². The molecule has 3 aromatic rings. The van der Waals surface area contributed by atoms with E-state index in [1.165, 1.54) is 24.2 Å². The Hall–Kier alpha value is -3.37. The van der Waals surface area contributed by atoms with Crippen LogP contribution in [0.1, 0.15) is 66.5 Å². The van der Waals surface area contributed by atoms with Crippen molar-refractivity contribution in [3.8, 4) is 11.6 Å². The fraction of sp³-hybridized carbons (Fsp3) is 0.448. The Morgan fingerprint density at radius 2 is 1.98 bits per heavy atom. The number of anilines is 2. The van der Waals surface area contributed by atoms with Crippen molar-refractivity contribution in [2.24, 2.45) is 5.92 Å². The van der Waals surface area contributed by atoms with Crippen molar-refractivity contribution >= 4 is 45.6 Å². The van der Waals surface area contributed by atoms with E-state index in [1.807, 2.05) is 37.3 Å². The maximum atomic E-state index is 12.9. The zero-order valence-corrected chi connectivity index (χ0v) is 24.5. The zero-order chi connectivity index (χ0) is 28.2. The lowest BCUT2D eigenvalue weighted by Gasteiger charge is -2.21. The first-order valence-electron chi connectivity index (χ1n) is 13.7. The molecule has 0 unspecified atom stereocenters. The Bertz CT molecular complexity index is 1360. The number of carbonyl (C=O) groups is 2. The minimum atomic E-state index is -0.221. The first-order valence-corrected chi connectivity index (χ1v) is 14.9. The highest BCUT2D eigenvalue weighted by Gasteiger charge is 2.28. The van der Waals surface area contributed by atoms with Crippen LogP contribution < -0.4 is 25.0 Å². The monoisotopic (exact) mass is 583 g/mol. The number of halogens is 1. The number of amides is 2. The molecule has 1 aliphatic heterocycles. The molecular formula is C29H34ClN5O4S. The van der Waals surface area contributed by atoms with Crippen LogP contribution >= 0.6 is 22.9 Å². The molecule has 3 heterocycles. The molecule has 2 N–H and O–H groups in total. The van der Waals surface area contributed by atoms with Gasteiger partial charge in [0.25, 0.3) is 5.91 Å². The van der Waals surface area contributed by atoms with Crippen LogP contribution in [0.3, 0.4) is 0 Å². The molecule has 212 valence electrons. The summed E-state index contributed by atoms with van der Waals surface area (Å²) >= 11 is 7.82. The van der Waals surface area contributed by atoms with Crippen LogP contribution in [0.15, 0.2) is 36.5 Å².